The molecule has 0 aliphatic carbocycles. The third-order valence-corrected chi connectivity index (χ3v) is 5.27. The van der Waals surface area contributed by atoms with Gasteiger partial charge in [-0.05, 0) is 24.6 Å². The molecule has 0 bridgehead atoms. The fourth-order valence-corrected chi connectivity index (χ4v) is 3.80. The van der Waals surface area contributed by atoms with Crippen LogP contribution in [-0.4, -0.2) is 47.7 Å². The van der Waals surface area contributed by atoms with E-state index in [-0.39, 0.29) is 5.56 Å². The van der Waals surface area contributed by atoms with Crippen LogP contribution in [0.15, 0.2) is 41.5 Å². The number of aromatic nitrogens is 3. The van der Waals surface area contributed by atoms with Gasteiger partial charge in [-0.15, -0.1) is 0 Å². The predicted octanol–water partition coefficient (Wildman–Crippen LogP) is 2.42. The van der Waals surface area contributed by atoms with Crippen LogP contribution in [-0.2, 0) is 19.5 Å². The third kappa shape index (κ3) is 3.73. The molecule has 0 spiro atoms. The van der Waals surface area contributed by atoms with Crippen molar-refractivity contribution in [2.24, 2.45) is 0 Å². The number of hydrogen-bond donors (Lipinski definition) is 1. The monoisotopic (exact) mass is 408 g/mol. The van der Waals surface area contributed by atoms with Gasteiger partial charge in [-0.25, -0.2) is 4.98 Å². The Balaban J connectivity index is 1.62. The van der Waals surface area contributed by atoms with Crippen LogP contribution in [0, 0.1) is 0 Å². The average Bonchev–Trinajstić information content (AvgIpc) is 2.79. The fourth-order valence-electron chi connectivity index (χ4n) is 3.80. The number of ether oxygens (including phenoxy) is 3. The molecule has 156 valence electrons. The summed E-state index contributed by atoms with van der Waals surface area (Å²) in [6, 6.07) is 7.55. The number of fused-ring (bicyclic) bond motifs is 1. The number of nitrogens with zero attached hydrogens (tertiary/aromatic N) is 3. The van der Waals surface area contributed by atoms with E-state index in [2.05, 4.69) is 14.9 Å². The Morgan fingerprint density at radius 2 is 1.93 bits per heavy atom. The summed E-state index contributed by atoms with van der Waals surface area (Å²) in [5, 5.41) is 0. The first-order chi connectivity index (χ1) is 14.6. The molecular formula is C22H24N4O4. The zero-order valence-corrected chi connectivity index (χ0v) is 17.3. The van der Waals surface area contributed by atoms with Gasteiger partial charge in [0.05, 0.1) is 27.0 Å². The summed E-state index contributed by atoms with van der Waals surface area (Å²) >= 11 is 0. The standard InChI is InChI=1S/C22H24N4O4/c1-28-18-7-6-15(19(29-2)20(18)30-3)12-26-10-8-16-17(13-26)24-21(25-22(16)27)14-5-4-9-23-11-14/h4-7,9,11H,8,10,12-13H2,1-3H3,(H,24,25,27). The fraction of sp³-hybridized carbons (Fsp3) is 0.318. The second-order valence-corrected chi connectivity index (χ2v) is 7.04. The van der Waals surface area contributed by atoms with Crippen molar-refractivity contribution in [2.45, 2.75) is 19.5 Å². The molecule has 3 heterocycles. The first-order valence-electron chi connectivity index (χ1n) is 9.67. The van der Waals surface area contributed by atoms with Gasteiger partial charge in [-0.3, -0.25) is 14.7 Å². The lowest BCUT2D eigenvalue weighted by molar-refractivity contribution is 0.235. The molecule has 0 atom stereocenters. The summed E-state index contributed by atoms with van der Waals surface area (Å²) in [5.74, 6) is 2.38. The van der Waals surface area contributed by atoms with Crippen LogP contribution in [0.3, 0.4) is 0 Å². The number of rotatable bonds is 6. The summed E-state index contributed by atoms with van der Waals surface area (Å²) in [7, 11) is 4.81. The molecule has 4 rings (SSSR count). The van der Waals surface area contributed by atoms with Crippen molar-refractivity contribution >= 4 is 0 Å². The molecule has 2 aromatic heterocycles. The van der Waals surface area contributed by atoms with Gasteiger partial charge in [0.15, 0.2) is 11.5 Å². The van der Waals surface area contributed by atoms with Crippen LogP contribution in [0.2, 0.25) is 0 Å². The van der Waals surface area contributed by atoms with E-state index in [1.165, 1.54) is 0 Å². The molecule has 8 nitrogen and oxygen atoms in total. The molecule has 1 aromatic carbocycles. The van der Waals surface area contributed by atoms with E-state index in [1.807, 2.05) is 24.3 Å². The third-order valence-electron chi connectivity index (χ3n) is 5.27. The van der Waals surface area contributed by atoms with Crippen molar-refractivity contribution in [3.8, 4) is 28.6 Å². The summed E-state index contributed by atoms with van der Waals surface area (Å²) < 4.78 is 16.5. The second kappa shape index (κ2) is 8.54. The lowest BCUT2D eigenvalue weighted by Crippen LogP contribution is -2.35. The predicted molar refractivity (Wildman–Crippen MR) is 112 cm³/mol. The molecule has 8 heteroatoms. The van der Waals surface area contributed by atoms with Crippen molar-refractivity contribution in [3.05, 3.63) is 63.8 Å². The largest absolute Gasteiger partial charge is 0.493 e. The Morgan fingerprint density at radius 3 is 2.63 bits per heavy atom. The molecule has 0 fully saturated rings. The van der Waals surface area contributed by atoms with Crippen molar-refractivity contribution < 1.29 is 14.2 Å². The van der Waals surface area contributed by atoms with Crippen LogP contribution >= 0.6 is 0 Å². The molecule has 0 amide bonds. The highest BCUT2D eigenvalue weighted by molar-refractivity contribution is 5.56. The van der Waals surface area contributed by atoms with E-state index in [0.717, 1.165) is 28.9 Å². The number of H-pyrrole nitrogens is 1. The minimum atomic E-state index is -0.0813. The molecule has 0 saturated heterocycles. The maximum atomic E-state index is 12.6. The molecule has 3 aromatic rings. The van der Waals surface area contributed by atoms with Crippen LogP contribution in [0.1, 0.15) is 16.8 Å². The van der Waals surface area contributed by atoms with E-state index in [0.29, 0.717) is 42.6 Å². The molecule has 1 aliphatic rings. The average molecular weight is 408 g/mol. The summed E-state index contributed by atoms with van der Waals surface area (Å²) in [4.78, 5) is 26.6. The molecule has 1 aliphatic heterocycles. The number of pyridine rings is 1. The minimum absolute atomic E-state index is 0.0813. The Hall–Kier alpha value is -3.39. The lowest BCUT2D eigenvalue weighted by atomic mass is 10.0. The maximum absolute atomic E-state index is 12.6. The van der Waals surface area contributed by atoms with E-state index >= 15 is 0 Å². The summed E-state index contributed by atoms with van der Waals surface area (Å²) in [5.41, 5.74) is 3.23. The van der Waals surface area contributed by atoms with Crippen molar-refractivity contribution in [1.29, 1.82) is 0 Å². The van der Waals surface area contributed by atoms with Gasteiger partial charge in [-0.1, -0.05) is 6.07 Å². The highest BCUT2D eigenvalue weighted by Gasteiger charge is 2.24. The number of hydrogen-bond acceptors (Lipinski definition) is 7. The Kier molecular flexibility index (Phi) is 5.67. The summed E-state index contributed by atoms with van der Waals surface area (Å²) in [6.45, 7) is 1.96. The maximum Gasteiger partial charge on any atom is 0.254 e. The quantitative estimate of drug-likeness (QED) is 0.670. The second-order valence-electron chi connectivity index (χ2n) is 7.04. The van der Waals surface area contributed by atoms with Gasteiger partial charge >= 0.3 is 0 Å². The topological polar surface area (TPSA) is 89.6 Å². The Morgan fingerprint density at radius 1 is 1.10 bits per heavy atom. The van der Waals surface area contributed by atoms with Crippen molar-refractivity contribution in [2.75, 3.05) is 27.9 Å². The van der Waals surface area contributed by atoms with Crippen LogP contribution < -0.4 is 19.8 Å². The lowest BCUT2D eigenvalue weighted by Gasteiger charge is -2.28. The van der Waals surface area contributed by atoms with Gasteiger partial charge in [0.2, 0.25) is 5.75 Å². The first kappa shape index (κ1) is 19.9. The SMILES string of the molecule is COc1ccc(CN2CCc3c(nc(-c4cccnc4)[nH]c3=O)C2)c(OC)c1OC. The van der Waals surface area contributed by atoms with E-state index < -0.39 is 0 Å². The van der Waals surface area contributed by atoms with Gasteiger partial charge in [-0.2, -0.15) is 0 Å². The molecule has 30 heavy (non-hydrogen) atoms. The number of benzene rings is 1. The molecule has 1 N–H and O–H groups in total. The van der Waals surface area contributed by atoms with E-state index in [1.54, 1.807) is 33.7 Å². The smallest absolute Gasteiger partial charge is 0.254 e. The zero-order valence-electron chi connectivity index (χ0n) is 17.3. The Bertz CT molecular complexity index is 1100. The normalized spacial score (nSPS) is 13.6. The van der Waals surface area contributed by atoms with Gasteiger partial charge in [0.25, 0.3) is 5.56 Å². The minimum Gasteiger partial charge on any atom is -0.493 e. The number of nitrogens with one attached hydrogen (secondary N) is 1. The van der Waals surface area contributed by atoms with Gasteiger partial charge in [0.1, 0.15) is 5.82 Å². The van der Waals surface area contributed by atoms with E-state index in [4.69, 9.17) is 19.2 Å². The number of aromatic amines is 1. The molecule has 0 radical (unpaired) electrons. The van der Waals surface area contributed by atoms with Gasteiger partial charge < -0.3 is 19.2 Å². The van der Waals surface area contributed by atoms with Crippen molar-refractivity contribution in [1.82, 2.24) is 19.9 Å². The highest BCUT2D eigenvalue weighted by Crippen LogP contribution is 2.40. The van der Waals surface area contributed by atoms with Gasteiger partial charge in [0, 0.05) is 48.7 Å². The van der Waals surface area contributed by atoms with Crippen molar-refractivity contribution in [3.63, 3.8) is 0 Å². The highest BCUT2D eigenvalue weighted by atomic mass is 16.5. The molecular weight excluding hydrogens is 384 g/mol. The van der Waals surface area contributed by atoms with Crippen LogP contribution in [0.25, 0.3) is 11.4 Å². The zero-order chi connectivity index (χ0) is 21.1. The van der Waals surface area contributed by atoms with Crippen LogP contribution in [0.5, 0.6) is 17.2 Å². The van der Waals surface area contributed by atoms with E-state index in [9.17, 15) is 4.79 Å². The van der Waals surface area contributed by atoms with Crippen LogP contribution in [0.4, 0.5) is 0 Å². The summed E-state index contributed by atoms with van der Waals surface area (Å²) in [6.07, 6.45) is 4.03. The Labute approximate surface area is 174 Å². The number of methoxy groups -OCH3 is 3. The molecule has 0 saturated carbocycles. The molecule has 0 unspecified atom stereocenters. The first-order valence-corrected chi connectivity index (χ1v) is 9.67.